The zero-order valence-corrected chi connectivity index (χ0v) is 9.13. The van der Waals surface area contributed by atoms with Crippen LogP contribution in [0, 0.1) is 0 Å². The van der Waals surface area contributed by atoms with Crippen molar-refractivity contribution in [2.45, 2.75) is 19.4 Å². The van der Waals surface area contributed by atoms with Crippen LogP contribution in [0.2, 0.25) is 0 Å². The van der Waals surface area contributed by atoms with E-state index < -0.39 is 5.97 Å². The molecule has 5 heteroatoms. The molecule has 5 nitrogen and oxygen atoms in total. The molecule has 0 fully saturated rings. The summed E-state index contributed by atoms with van der Waals surface area (Å²) < 4.78 is 1.96. The lowest BCUT2D eigenvalue weighted by Gasteiger charge is -2.02. The Kier molecular flexibility index (Phi) is 2.18. The summed E-state index contributed by atoms with van der Waals surface area (Å²) >= 11 is 0. The van der Waals surface area contributed by atoms with Gasteiger partial charge in [-0.3, -0.25) is 4.98 Å². The van der Waals surface area contributed by atoms with Crippen LogP contribution in [0.25, 0.3) is 11.5 Å². The molecule has 0 unspecified atom stereocenters. The number of imidazole rings is 1. The summed E-state index contributed by atoms with van der Waals surface area (Å²) in [5.41, 5.74) is 1.71. The van der Waals surface area contributed by atoms with E-state index in [-0.39, 0.29) is 5.69 Å². The van der Waals surface area contributed by atoms with Crippen LogP contribution in [0.5, 0.6) is 0 Å². The smallest absolute Gasteiger partial charge is 0.356 e. The number of fused-ring (bicyclic) bond motifs is 1. The van der Waals surface area contributed by atoms with E-state index in [1.807, 2.05) is 22.8 Å². The van der Waals surface area contributed by atoms with Gasteiger partial charge in [-0.05, 0) is 25.0 Å². The summed E-state index contributed by atoms with van der Waals surface area (Å²) in [6.45, 7) is 0.821. The van der Waals surface area contributed by atoms with Crippen LogP contribution in [0.1, 0.15) is 22.6 Å². The quantitative estimate of drug-likeness (QED) is 0.849. The maximum atomic E-state index is 11.1. The van der Waals surface area contributed by atoms with Crippen molar-refractivity contribution in [1.29, 1.82) is 0 Å². The molecule has 3 rings (SSSR count). The topological polar surface area (TPSA) is 68.0 Å². The highest BCUT2D eigenvalue weighted by Crippen LogP contribution is 2.26. The van der Waals surface area contributed by atoms with Crippen LogP contribution < -0.4 is 0 Å². The number of nitrogens with zero attached hydrogens (tertiary/aromatic N) is 3. The zero-order valence-electron chi connectivity index (χ0n) is 9.13. The van der Waals surface area contributed by atoms with E-state index in [1.54, 1.807) is 6.20 Å². The minimum absolute atomic E-state index is 0.170. The Morgan fingerprint density at radius 3 is 3.00 bits per heavy atom. The molecule has 0 saturated carbocycles. The molecule has 0 radical (unpaired) electrons. The Labute approximate surface area is 97.8 Å². The van der Waals surface area contributed by atoms with Crippen molar-refractivity contribution in [2.75, 3.05) is 0 Å². The average Bonchev–Trinajstić information content (AvgIpc) is 2.90. The second-order valence-corrected chi connectivity index (χ2v) is 4.01. The van der Waals surface area contributed by atoms with Crippen molar-refractivity contribution in [3.05, 3.63) is 35.8 Å². The largest absolute Gasteiger partial charge is 0.476 e. The highest BCUT2D eigenvalue weighted by Gasteiger charge is 2.26. The first kappa shape index (κ1) is 10.0. The van der Waals surface area contributed by atoms with Crippen molar-refractivity contribution >= 4 is 5.97 Å². The monoisotopic (exact) mass is 229 g/mol. The Bertz CT molecular complexity index is 575. The van der Waals surface area contributed by atoms with Crippen LogP contribution in [0.4, 0.5) is 0 Å². The number of carboxylic acid groups (broad SMARTS) is 1. The first-order valence-corrected chi connectivity index (χ1v) is 5.51. The maximum absolute atomic E-state index is 11.1. The van der Waals surface area contributed by atoms with E-state index in [0.29, 0.717) is 5.82 Å². The molecular weight excluding hydrogens is 218 g/mol. The molecule has 1 N–H and O–H groups in total. The molecule has 2 aromatic rings. The van der Waals surface area contributed by atoms with Crippen molar-refractivity contribution in [3.8, 4) is 11.5 Å². The third kappa shape index (κ3) is 1.51. The summed E-state index contributed by atoms with van der Waals surface area (Å²) in [5.74, 6) is -0.298. The molecule has 1 aliphatic heterocycles. The fraction of sp³-hybridized carbons (Fsp3) is 0.250. The van der Waals surface area contributed by atoms with Gasteiger partial charge in [-0.25, -0.2) is 9.78 Å². The molecule has 2 aromatic heterocycles. The summed E-state index contributed by atoms with van der Waals surface area (Å²) in [7, 11) is 0. The van der Waals surface area contributed by atoms with E-state index in [4.69, 9.17) is 5.11 Å². The molecule has 1 aliphatic rings. The van der Waals surface area contributed by atoms with Crippen molar-refractivity contribution in [1.82, 2.24) is 14.5 Å². The van der Waals surface area contributed by atoms with E-state index in [0.717, 1.165) is 30.8 Å². The fourth-order valence-electron chi connectivity index (χ4n) is 2.25. The van der Waals surface area contributed by atoms with Gasteiger partial charge >= 0.3 is 5.97 Å². The van der Waals surface area contributed by atoms with Gasteiger partial charge < -0.3 is 9.67 Å². The van der Waals surface area contributed by atoms with Crippen molar-refractivity contribution < 1.29 is 9.90 Å². The normalized spacial score (nSPS) is 13.6. The lowest BCUT2D eigenvalue weighted by atomic mass is 10.2. The minimum atomic E-state index is -0.960. The molecule has 0 saturated heterocycles. The van der Waals surface area contributed by atoms with Gasteiger partial charge in [-0.1, -0.05) is 6.07 Å². The minimum Gasteiger partial charge on any atom is -0.476 e. The van der Waals surface area contributed by atoms with Gasteiger partial charge in [0.05, 0.1) is 5.69 Å². The van der Waals surface area contributed by atoms with Crippen LogP contribution >= 0.6 is 0 Å². The van der Waals surface area contributed by atoms with Gasteiger partial charge in [0.1, 0.15) is 5.69 Å². The third-order valence-corrected chi connectivity index (χ3v) is 2.96. The Balaban J connectivity index is 2.19. The third-order valence-electron chi connectivity index (χ3n) is 2.96. The molecule has 0 spiro atoms. The second kappa shape index (κ2) is 3.69. The number of rotatable bonds is 2. The number of pyridine rings is 1. The summed E-state index contributed by atoms with van der Waals surface area (Å²) in [5, 5.41) is 9.11. The van der Waals surface area contributed by atoms with Crippen molar-refractivity contribution in [2.24, 2.45) is 0 Å². The predicted octanol–water partition coefficient (Wildman–Crippen LogP) is 1.59. The number of hydrogen-bond acceptors (Lipinski definition) is 3. The molecule has 0 amide bonds. The van der Waals surface area contributed by atoms with Crippen LogP contribution in [0.3, 0.4) is 0 Å². The van der Waals surface area contributed by atoms with Crippen LogP contribution in [-0.4, -0.2) is 25.6 Å². The molecule has 0 aromatic carbocycles. The standard InChI is InChI=1S/C12H11N3O2/c16-12(17)10-9-5-3-7-15(9)11(14-10)8-4-1-2-6-13-8/h1-2,4,6H,3,5,7H2,(H,16,17). The predicted molar refractivity (Wildman–Crippen MR) is 60.7 cm³/mol. The van der Waals surface area contributed by atoms with E-state index >= 15 is 0 Å². The SMILES string of the molecule is O=C(O)c1nc(-c2ccccn2)n2c1CCC2. The van der Waals surface area contributed by atoms with Gasteiger partial charge in [-0.2, -0.15) is 0 Å². The molecule has 3 heterocycles. The lowest BCUT2D eigenvalue weighted by molar-refractivity contribution is 0.0690. The first-order chi connectivity index (χ1) is 8.27. The molecular formula is C12H11N3O2. The number of carboxylic acids is 1. The Morgan fingerprint density at radius 1 is 1.41 bits per heavy atom. The Hall–Kier alpha value is -2.17. The van der Waals surface area contributed by atoms with Gasteiger partial charge in [0, 0.05) is 12.7 Å². The summed E-state index contributed by atoms with van der Waals surface area (Å²) in [4.78, 5) is 19.5. The van der Waals surface area contributed by atoms with E-state index in [2.05, 4.69) is 9.97 Å². The first-order valence-electron chi connectivity index (χ1n) is 5.51. The number of carbonyl (C=O) groups is 1. The highest BCUT2D eigenvalue weighted by atomic mass is 16.4. The zero-order chi connectivity index (χ0) is 11.8. The highest BCUT2D eigenvalue weighted by molar-refractivity contribution is 5.88. The molecule has 0 aliphatic carbocycles. The van der Waals surface area contributed by atoms with Gasteiger partial charge in [0.25, 0.3) is 0 Å². The lowest BCUT2D eigenvalue weighted by Crippen LogP contribution is -2.00. The Morgan fingerprint density at radius 2 is 2.29 bits per heavy atom. The van der Waals surface area contributed by atoms with Crippen LogP contribution in [-0.2, 0) is 13.0 Å². The van der Waals surface area contributed by atoms with E-state index in [1.165, 1.54) is 0 Å². The molecule has 0 bridgehead atoms. The second-order valence-electron chi connectivity index (χ2n) is 4.01. The molecule has 86 valence electrons. The van der Waals surface area contributed by atoms with Gasteiger partial charge in [0.2, 0.25) is 0 Å². The number of aromatic nitrogens is 3. The van der Waals surface area contributed by atoms with Gasteiger partial charge in [-0.15, -0.1) is 0 Å². The van der Waals surface area contributed by atoms with E-state index in [9.17, 15) is 4.79 Å². The van der Waals surface area contributed by atoms with Crippen molar-refractivity contribution in [3.63, 3.8) is 0 Å². The maximum Gasteiger partial charge on any atom is 0.356 e. The van der Waals surface area contributed by atoms with Crippen LogP contribution in [0.15, 0.2) is 24.4 Å². The molecule has 17 heavy (non-hydrogen) atoms. The number of hydrogen-bond donors (Lipinski definition) is 1. The van der Waals surface area contributed by atoms with Gasteiger partial charge in [0.15, 0.2) is 11.5 Å². The average molecular weight is 229 g/mol. The summed E-state index contributed by atoms with van der Waals surface area (Å²) in [6.07, 6.45) is 3.44. The summed E-state index contributed by atoms with van der Waals surface area (Å²) in [6, 6.07) is 5.55. The number of aromatic carboxylic acids is 1. The molecule has 0 atom stereocenters. The fourth-order valence-corrected chi connectivity index (χ4v) is 2.25.